The van der Waals surface area contributed by atoms with E-state index in [4.69, 9.17) is 0 Å². The van der Waals surface area contributed by atoms with Crippen molar-refractivity contribution in [3.8, 4) is 0 Å². The van der Waals surface area contributed by atoms with Gasteiger partial charge < -0.3 is 0 Å². The average molecular weight is 251 g/mol. The standard InChI is InChI=1S/C16H31N2/c1-4-7-9-10-13-18-15-14-17(12-6-3)16(18)11-8-5-2/h14-15H,4-13H2,1-3H3/q+1. The Morgan fingerprint density at radius 3 is 2.39 bits per heavy atom. The third-order valence-corrected chi connectivity index (χ3v) is 3.56. The first kappa shape index (κ1) is 15.3. The number of hydrogen-bond acceptors (Lipinski definition) is 0. The molecule has 0 saturated carbocycles. The summed E-state index contributed by atoms with van der Waals surface area (Å²) in [4.78, 5) is 0. The highest BCUT2D eigenvalue weighted by molar-refractivity contribution is 4.84. The topological polar surface area (TPSA) is 8.81 Å². The van der Waals surface area contributed by atoms with E-state index in [-0.39, 0.29) is 0 Å². The molecule has 0 N–H and O–H groups in total. The summed E-state index contributed by atoms with van der Waals surface area (Å²) in [6.45, 7) is 9.18. The Hall–Kier alpha value is -0.790. The van der Waals surface area contributed by atoms with Gasteiger partial charge in [0.25, 0.3) is 5.82 Å². The van der Waals surface area contributed by atoms with E-state index in [1.807, 2.05) is 0 Å². The molecule has 1 aromatic rings. The molecule has 1 rings (SSSR count). The molecule has 18 heavy (non-hydrogen) atoms. The third kappa shape index (κ3) is 4.83. The molecule has 0 aromatic carbocycles. The first-order chi connectivity index (χ1) is 8.83. The van der Waals surface area contributed by atoms with Gasteiger partial charge >= 0.3 is 0 Å². The first-order valence-corrected chi connectivity index (χ1v) is 7.90. The lowest BCUT2D eigenvalue weighted by atomic mass is 10.2. The minimum absolute atomic E-state index is 1.17. The van der Waals surface area contributed by atoms with Crippen molar-refractivity contribution in [3.05, 3.63) is 18.2 Å². The van der Waals surface area contributed by atoms with Crippen molar-refractivity contribution >= 4 is 0 Å². The van der Waals surface area contributed by atoms with Crippen LogP contribution in [0.2, 0.25) is 0 Å². The molecule has 0 aliphatic rings. The maximum absolute atomic E-state index is 2.49. The van der Waals surface area contributed by atoms with Gasteiger partial charge in [-0.15, -0.1) is 0 Å². The van der Waals surface area contributed by atoms with Crippen LogP contribution in [-0.2, 0) is 19.5 Å². The fraction of sp³-hybridized carbons (Fsp3) is 0.812. The molecule has 0 spiro atoms. The van der Waals surface area contributed by atoms with E-state index in [0.717, 1.165) is 0 Å². The van der Waals surface area contributed by atoms with Crippen LogP contribution in [0.1, 0.15) is 71.5 Å². The van der Waals surface area contributed by atoms with E-state index < -0.39 is 0 Å². The Morgan fingerprint density at radius 2 is 1.72 bits per heavy atom. The minimum Gasteiger partial charge on any atom is -0.234 e. The van der Waals surface area contributed by atoms with Gasteiger partial charge in [0.15, 0.2) is 0 Å². The molecule has 0 atom stereocenters. The molecule has 2 nitrogen and oxygen atoms in total. The van der Waals surface area contributed by atoms with E-state index in [1.165, 1.54) is 70.3 Å². The van der Waals surface area contributed by atoms with Gasteiger partial charge in [-0.2, -0.15) is 0 Å². The number of aryl methyl sites for hydroxylation is 2. The summed E-state index contributed by atoms with van der Waals surface area (Å²) in [5.74, 6) is 1.54. The molecule has 1 aromatic heterocycles. The van der Waals surface area contributed by atoms with Crippen LogP contribution >= 0.6 is 0 Å². The summed E-state index contributed by atoms with van der Waals surface area (Å²) in [6, 6.07) is 0. The molecule has 0 fully saturated rings. The summed E-state index contributed by atoms with van der Waals surface area (Å²) >= 11 is 0. The second-order valence-corrected chi connectivity index (χ2v) is 5.27. The lowest BCUT2D eigenvalue weighted by molar-refractivity contribution is -0.703. The van der Waals surface area contributed by atoms with Crippen molar-refractivity contribution in [2.75, 3.05) is 0 Å². The van der Waals surface area contributed by atoms with E-state index in [2.05, 4.69) is 42.3 Å². The lowest BCUT2D eigenvalue weighted by Gasteiger charge is -2.04. The zero-order valence-corrected chi connectivity index (χ0v) is 12.6. The molecule has 0 saturated heterocycles. The number of imidazole rings is 1. The Bertz CT molecular complexity index is 315. The minimum atomic E-state index is 1.17. The Kier molecular flexibility index (Phi) is 7.79. The molecule has 0 amide bonds. The Morgan fingerprint density at radius 1 is 0.944 bits per heavy atom. The molecule has 0 radical (unpaired) electrons. The molecule has 0 aliphatic heterocycles. The average Bonchev–Trinajstić information content (AvgIpc) is 2.75. The fourth-order valence-corrected chi connectivity index (χ4v) is 2.48. The van der Waals surface area contributed by atoms with Gasteiger partial charge in [-0.1, -0.05) is 40.0 Å². The van der Waals surface area contributed by atoms with E-state index in [0.29, 0.717) is 0 Å². The molecule has 104 valence electrons. The summed E-state index contributed by atoms with van der Waals surface area (Å²) in [5, 5.41) is 0. The molecule has 0 bridgehead atoms. The van der Waals surface area contributed by atoms with Crippen LogP contribution in [0.25, 0.3) is 0 Å². The van der Waals surface area contributed by atoms with Crippen LogP contribution in [0.5, 0.6) is 0 Å². The van der Waals surface area contributed by atoms with Crippen LogP contribution in [0, 0.1) is 0 Å². The Labute approximate surface area is 113 Å². The molecular weight excluding hydrogens is 220 g/mol. The van der Waals surface area contributed by atoms with Crippen molar-refractivity contribution in [1.82, 2.24) is 4.57 Å². The zero-order chi connectivity index (χ0) is 13.2. The quantitative estimate of drug-likeness (QED) is 0.437. The normalized spacial score (nSPS) is 11.1. The zero-order valence-electron chi connectivity index (χ0n) is 12.6. The van der Waals surface area contributed by atoms with Crippen molar-refractivity contribution in [3.63, 3.8) is 0 Å². The maximum atomic E-state index is 2.49. The summed E-state index contributed by atoms with van der Waals surface area (Å²) in [7, 11) is 0. The van der Waals surface area contributed by atoms with E-state index in [1.54, 1.807) is 0 Å². The van der Waals surface area contributed by atoms with Gasteiger partial charge in [0.1, 0.15) is 12.4 Å². The molecular formula is C16H31N2+. The van der Waals surface area contributed by atoms with Crippen LogP contribution in [-0.4, -0.2) is 4.57 Å². The van der Waals surface area contributed by atoms with Crippen molar-refractivity contribution in [2.24, 2.45) is 0 Å². The van der Waals surface area contributed by atoms with Crippen LogP contribution < -0.4 is 4.57 Å². The fourth-order valence-electron chi connectivity index (χ4n) is 2.48. The van der Waals surface area contributed by atoms with Gasteiger partial charge in [0, 0.05) is 6.42 Å². The lowest BCUT2D eigenvalue weighted by Crippen LogP contribution is -2.37. The molecule has 2 heteroatoms. The Balaban J connectivity index is 2.58. The number of rotatable bonds is 10. The number of hydrogen-bond donors (Lipinski definition) is 0. The molecule has 1 heterocycles. The summed E-state index contributed by atoms with van der Waals surface area (Å²) < 4.78 is 4.94. The van der Waals surface area contributed by atoms with Crippen LogP contribution in [0.15, 0.2) is 12.4 Å². The summed E-state index contributed by atoms with van der Waals surface area (Å²) in [5.41, 5.74) is 0. The van der Waals surface area contributed by atoms with Gasteiger partial charge in [-0.3, -0.25) is 0 Å². The van der Waals surface area contributed by atoms with Gasteiger partial charge in [-0.25, -0.2) is 9.13 Å². The number of nitrogens with zero attached hydrogens (tertiary/aromatic N) is 2. The maximum Gasteiger partial charge on any atom is 0.256 e. The second-order valence-electron chi connectivity index (χ2n) is 5.27. The van der Waals surface area contributed by atoms with Crippen molar-refractivity contribution < 1.29 is 4.57 Å². The predicted molar refractivity (Wildman–Crippen MR) is 77.7 cm³/mol. The van der Waals surface area contributed by atoms with Gasteiger partial charge in [0.05, 0.1) is 13.1 Å². The van der Waals surface area contributed by atoms with Crippen molar-refractivity contribution in [1.29, 1.82) is 0 Å². The number of unbranched alkanes of at least 4 members (excludes halogenated alkanes) is 4. The monoisotopic (exact) mass is 251 g/mol. The van der Waals surface area contributed by atoms with Crippen molar-refractivity contribution in [2.45, 2.75) is 85.2 Å². The highest BCUT2D eigenvalue weighted by Gasteiger charge is 2.15. The highest BCUT2D eigenvalue weighted by atomic mass is 15.1. The molecule has 0 aliphatic carbocycles. The van der Waals surface area contributed by atoms with Crippen LogP contribution in [0.3, 0.4) is 0 Å². The molecule has 0 unspecified atom stereocenters. The van der Waals surface area contributed by atoms with Gasteiger partial charge in [0.2, 0.25) is 0 Å². The smallest absolute Gasteiger partial charge is 0.234 e. The van der Waals surface area contributed by atoms with E-state index >= 15 is 0 Å². The number of aromatic nitrogens is 2. The largest absolute Gasteiger partial charge is 0.256 e. The van der Waals surface area contributed by atoms with Crippen LogP contribution in [0.4, 0.5) is 0 Å². The highest BCUT2D eigenvalue weighted by Crippen LogP contribution is 2.07. The van der Waals surface area contributed by atoms with E-state index in [9.17, 15) is 0 Å². The van der Waals surface area contributed by atoms with Gasteiger partial charge in [-0.05, 0) is 25.7 Å². The first-order valence-electron chi connectivity index (χ1n) is 7.90. The predicted octanol–water partition coefficient (Wildman–Crippen LogP) is 4.11. The summed E-state index contributed by atoms with van der Waals surface area (Å²) in [6.07, 6.45) is 15.0. The SMILES string of the molecule is CCCCCCn1cc[n+](CCC)c1CCCC. The third-order valence-electron chi connectivity index (χ3n) is 3.56. The second kappa shape index (κ2) is 9.18.